The Morgan fingerprint density at radius 1 is 0.929 bits per heavy atom. The van der Waals surface area contributed by atoms with Crippen LogP contribution in [0.4, 0.5) is 0 Å². The maximum atomic E-state index is 11.9. The van der Waals surface area contributed by atoms with Crippen LogP contribution in [0.2, 0.25) is 0 Å². The molecule has 0 radical (unpaired) electrons. The molecule has 42 heavy (non-hydrogen) atoms. The van der Waals surface area contributed by atoms with Crippen molar-refractivity contribution in [1.29, 1.82) is 0 Å². The standard InChI is InChI=1S/C36H59NO5/c1-22(2)32(40-23(3)38)27-12-10-25-28(41-27)19-26-24-11-13-29-33(4,5)30(42-31-20-37-17-18-39-31)9-7-15-36(29)21-35(24,36)16-8-14-34(25,26)6/h22,24-32,37H,7-21H2,1-6H3. The summed E-state index contributed by atoms with van der Waals surface area (Å²) in [5.41, 5.74) is 1.58. The summed E-state index contributed by atoms with van der Waals surface area (Å²) in [5.74, 6) is 3.09. The third kappa shape index (κ3) is 4.49. The molecule has 238 valence electrons. The fraction of sp³-hybridized carbons (Fsp3) is 0.972. The molecule has 0 amide bonds. The van der Waals surface area contributed by atoms with Gasteiger partial charge in [0.25, 0.3) is 0 Å². The Morgan fingerprint density at radius 2 is 1.71 bits per heavy atom. The van der Waals surface area contributed by atoms with Crippen molar-refractivity contribution in [3.8, 4) is 0 Å². The van der Waals surface area contributed by atoms with E-state index in [-0.39, 0.29) is 41.9 Å². The van der Waals surface area contributed by atoms with Crippen LogP contribution in [-0.4, -0.2) is 56.4 Å². The molecule has 2 saturated heterocycles. The van der Waals surface area contributed by atoms with Crippen LogP contribution < -0.4 is 5.32 Å². The molecule has 5 aliphatic carbocycles. The third-order valence-corrected chi connectivity index (χ3v) is 14.6. The third-order valence-electron chi connectivity index (χ3n) is 14.6. The average molecular weight is 586 g/mol. The van der Waals surface area contributed by atoms with Gasteiger partial charge in [-0.3, -0.25) is 4.79 Å². The van der Waals surface area contributed by atoms with E-state index < -0.39 is 0 Å². The molecule has 7 aliphatic rings. The lowest BCUT2D eigenvalue weighted by Gasteiger charge is -2.52. The van der Waals surface area contributed by atoms with E-state index in [2.05, 4.69) is 39.9 Å². The molecule has 6 heteroatoms. The van der Waals surface area contributed by atoms with E-state index in [0.29, 0.717) is 28.3 Å². The first-order valence-electron chi connectivity index (χ1n) is 17.8. The number of morpholine rings is 1. The minimum Gasteiger partial charge on any atom is -0.460 e. The maximum Gasteiger partial charge on any atom is 0.303 e. The minimum atomic E-state index is -0.178. The fourth-order valence-electron chi connectivity index (χ4n) is 12.9. The lowest BCUT2D eigenvalue weighted by Crippen LogP contribution is -2.50. The van der Waals surface area contributed by atoms with E-state index in [1.807, 2.05) is 0 Å². The second kappa shape index (κ2) is 10.7. The van der Waals surface area contributed by atoms with Crippen molar-refractivity contribution >= 4 is 5.97 Å². The number of hydrogen-bond acceptors (Lipinski definition) is 6. The normalized spacial score (nSPS) is 50.2. The predicted molar refractivity (Wildman–Crippen MR) is 163 cm³/mol. The summed E-state index contributed by atoms with van der Waals surface area (Å²) < 4.78 is 25.6. The van der Waals surface area contributed by atoms with Crippen molar-refractivity contribution in [1.82, 2.24) is 5.32 Å². The van der Waals surface area contributed by atoms with E-state index in [0.717, 1.165) is 43.9 Å². The van der Waals surface area contributed by atoms with Gasteiger partial charge < -0.3 is 24.3 Å². The molecule has 2 spiro atoms. The Kier molecular flexibility index (Phi) is 7.64. The van der Waals surface area contributed by atoms with E-state index in [1.165, 1.54) is 70.6 Å². The van der Waals surface area contributed by atoms with Gasteiger partial charge in [-0.2, -0.15) is 0 Å². The minimum absolute atomic E-state index is 0.0426. The van der Waals surface area contributed by atoms with Crippen molar-refractivity contribution in [2.75, 3.05) is 19.7 Å². The summed E-state index contributed by atoms with van der Waals surface area (Å²) in [4.78, 5) is 11.9. The summed E-state index contributed by atoms with van der Waals surface area (Å²) in [6, 6.07) is 0. The summed E-state index contributed by atoms with van der Waals surface area (Å²) >= 11 is 0. The van der Waals surface area contributed by atoms with Crippen LogP contribution in [0.1, 0.15) is 119 Å². The highest BCUT2D eigenvalue weighted by Gasteiger charge is 2.78. The molecule has 2 heterocycles. The number of carbonyl (C=O) groups excluding carboxylic acids is 1. The van der Waals surface area contributed by atoms with Crippen LogP contribution in [0.5, 0.6) is 0 Å². The van der Waals surface area contributed by atoms with E-state index in [9.17, 15) is 4.79 Å². The Bertz CT molecular complexity index is 1020. The van der Waals surface area contributed by atoms with Gasteiger partial charge in [0.05, 0.1) is 24.9 Å². The van der Waals surface area contributed by atoms with Crippen molar-refractivity contribution in [2.45, 2.75) is 149 Å². The number of fused-ring (bicyclic) bond motifs is 4. The van der Waals surface area contributed by atoms with Gasteiger partial charge in [0.15, 0.2) is 6.29 Å². The van der Waals surface area contributed by atoms with Crippen LogP contribution in [0.3, 0.4) is 0 Å². The van der Waals surface area contributed by atoms with Gasteiger partial charge in [0.1, 0.15) is 6.10 Å². The summed E-state index contributed by atoms with van der Waals surface area (Å²) in [6.45, 7) is 16.1. The molecule has 7 fully saturated rings. The van der Waals surface area contributed by atoms with Crippen LogP contribution in [0.15, 0.2) is 0 Å². The lowest BCUT2D eigenvalue weighted by atomic mass is 9.54. The van der Waals surface area contributed by atoms with Gasteiger partial charge in [-0.1, -0.05) is 47.5 Å². The molecule has 6 nitrogen and oxygen atoms in total. The van der Waals surface area contributed by atoms with Crippen LogP contribution >= 0.6 is 0 Å². The first kappa shape index (κ1) is 30.0. The summed E-state index contributed by atoms with van der Waals surface area (Å²) in [5, 5.41) is 3.47. The second-order valence-corrected chi connectivity index (χ2v) is 17.0. The van der Waals surface area contributed by atoms with Crippen molar-refractivity contribution < 1.29 is 23.7 Å². The van der Waals surface area contributed by atoms with Gasteiger partial charge in [0, 0.05) is 20.0 Å². The highest BCUT2D eigenvalue weighted by molar-refractivity contribution is 5.66. The molecule has 0 aromatic carbocycles. The molecule has 12 unspecified atom stereocenters. The van der Waals surface area contributed by atoms with Gasteiger partial charge in [-0.25, -0.2) is 0 Å². The van der Waals surface area contributed by atoms with Crippen molar-refractivity contribution in [2.24, 2.45) is 51.2 Å². The monoisotopic (exact) mass is 585 g/mol. The van der Waals surface area contributed by atoms with Crippen molar-refractivity contribution in [3.05, 3.63) is 0 Å². The zero-order chi connectivity index (χ0) is 29.5. The first-order chi connectivity index (χ1) is 20.0. The lowest BCUT2D eigenvalue weighted by molar-refractivity contribution is -0.212. The Labute approximate surface area is 255 Å². The molecular weight excluding hydrogens is 526 g/mol. The van der Waals surface area contributed by atoms with E-state index in [1.54, 1.807) is 6.92 Å². The Hall–Kier alpha value is -0.690. The first-order valence-corrected chi connectivity index (χ1v) is 17.8. The Morgan fingerprint density at radius 3 is 2.45 bits per heavy atom. The predicted octanol–water partition coefficient (Wildman–Crippen LogP) is 6.89. The number of ether oxygens (including phenoxy) is 4. The van der Waals surface area contributed by atoms with Crippen LogP contribution in [0, 0.1) is 51.2 Å². The van der Waals surface area contributed by atoms with Gasteiger partial charge >= 0.3 is 5.97 Å². The van der Waals surface area contributed by atoms with Gasteiger partial charge in [0.2, 0.25) is 0 Å². The fourth-order valence-corrected chi connectivity index (χ4v) is 12.9. The topological polar surface area (TPSA) is 66.0 Å². The molecule has 5 saturated carbocycles. The molecule has 7 rings (SSSR count). The van der Waals surface area contributed by atoms with Gasteiger partial charge in [-0.15, -0.1) is 0 Å². The quantitative estimate of drug-likeness (QED) is 0.355. The molecule has 12 atom stereocenters. The number of nitrogens with one attached hydrogen (secondary N) is 1. The number of rotatable bonds is 5. The molecule has 2 aliphatic heterocycles. The Balaban J connectivity index is 1.12. The average Bonchev–Trinajstić information content (AvgIpc) is 3.58. The van der Waals surface area contributed by atoms with Gasteiger partial charge in [-0.05, 0) is 115 Å². The molecule has 0 aromatic rings. The zero-order valence-electron chi connectivity index (χ0n) is 27.4. The molecule has 0 bridgehead atoms. The summed E-state index contributed by atoms with van der Waals surface area (Å²) in [7, 11) is 0. The van der Waals surface area contributed by atoms with Crippen molar-refractivity contribution in [3.63, 3.8) is 0 Å². The molecular formula is C36H59NO5. The number of carbonyl (C=O) groups is 1. The highest BCUT2D eigenvalue weighted by Crippen LogP contribution is 2.85. The smallest absolute Gasteiger partial charge is 0.303 e. The van der Waals surface area contributed by atoms with Crippen LogP contribution in [-0.2, 0) is 23.7 Å². The van der Waals surface area contributed by atoms with Crippen LogP contribution in [0.25, 0.3) is 0 Å². The molecule has 0 aromatic heterocycles. The summed E-state index contributed by atoms with van der Waals surface area (Å²) in [6.07, 6.45) is 16.2. The zero-order valence-corrected chi connectivity index (χ0v) is 27.4. The highest BCUT2D eigenvalue weighted by atomic mass is 16.7. The number of hydrogen-bond donors (Lipinski definition) is 1. The SMILES string of the molecule is CC(=O)OC(C(C)C)C1CCC2C(CC3C4CCC5C(C)(C)C(OC6CNCCO6)CCCC56CC46CCCC23C)O1. The maximum absolute atomic E-state index is 11.9. The molecule has 1 N–H and O–H groups in total. The number of esters is 1. The largest absolute Gasteiger partial charge is 0.460 e. The van der Waals surface area contributed by atoms with E-state index in [4.69, 9.17) is 18.9 Å². The van der Waals surface area contributed by atoms with E-state index >= 15 is 0 Å². The second-order valence-electron chi connectivity index (χ2n) is 17.0.